The SMILES string of the molecule is CC(=O)O.CC1(C)OCc2cc([C@@H]3CN(CCCCCCOCCC#Cc4cccc(S(=O)(=O)Nc5cccc(S(N)(=O)=O)c5)c4)C(=O)O3)ccc2O1.NS(=O)(=O)c1cccc(NS(=O)(=O)c2cccc(CCCCOCCCCCCNC[C@H](O)c3ccc(O)c(CO)c3)c2)c1. The summed E-state index contributed by atoms with van der Waals surface area (Å²) in [6.45, 7) is 9.72. The summed E-state index contributed by atoms with van der Waals surface area (Å²) in [6, 6.07) is 34.0. The molecule has 29 heteroatoms. The van der Waals surface area contributed by atoms with E-state index in [0.717, 1.165) is 106 Å². The van der Waals surface area contributed by atoms with Crippen molar-refractivity contribution in [3.05, 3.63) is 167 Å². The molecule has 0 spiro atoms. The van der Waals surface area contributed by atoms with Crippen LogP contribution in [0.2, 0.25) is 0 Å². The number of hydrogen-bond acceptors (Lipinski definition) is 19. The molecule has 25 nitrogen and oxygen atoms in total. The number of amides is 1. The lowest BCUT2D eigenvalue weighted by Crippen LogP contribution is -2.35. The number of carboxylic acids is 1. The van der Waals surface area contributed by atoms with Gasteiger partial charge in [-0.1, -0.05) is 80.0 Å². The lowest BCUT2D eigenvalue weighted by atomic mass is 10.0. The monoisotopic (exact) mass is 1420 g/mol. The molecule has 2 heterocycles. The van der Waals surface area contributed by atoms with Crippen molar-refractivity contribution in [2.45, 2.75) is 149 Å². The molecule has 2 atom stereocenters. The number of aliphatic hydroxyl groups excluding tert-OH is 2. The maximum Gasteiger partial charge on any atom is 0.410 e. The Kier molecular flexibility index (Phi) is 30.6. The third kappa shape index (κ3) is 27.3. The molecular formula is C68H88N6O19S4. The number of fused-ring (bicyclic) bond motifs is 1. The minimum absolute atomic E-state index is 0.0114. The van der Waals surface area contributed by atoms with Gasteiger partial charge in [-0.2, -0.15) is 0 Å². The molecule has 11 N–H and O–H groups in total. The number of carbonyl (C=O) groups is 2. The molecular weight excluding hydrogens is 1330 g/mol. The fourth-order valence-electron chi connectivity index (χ4n) is 9.92. The summed E-state index contributed by atoms with van der Waals surface area (Å²) in [7, 11) is -15.8. The number of nitrogens with two attached hydrogens (primary N) is 2. The highest BCUT2D eigenvalue weighted by atomic mass is 32.2. The first-order valence-electron chi connectivity index (χ1n) is 31.6. The van der Waals surface area contributed by atoms with E-state index in [9.17, 15) is 53.8 Å². The molecule has 1 fully saturated rings. The number of aliphatic carboxylic acids is 1. The molecule has 0 radical (unpaired) electrons. The van der Waals surface area contributed by atoms with Gasteiger partial charge in [-0.05, 0) is 159 Å². The number of aliphatic hydroxyl groups is 2. The molecule has 0 aliphatic carbocycles. The van der Waals surface area contributed by atoms with Crippen LogP contribution in [0.15, 0.2) is 153 Å². The van der Waals surface area contributed by atoms with Crippen LogP contribution in [0.25, 0.3) is 0 Å². The number of primary sulfonamides is 2. The van der Waals surface area contributed by atoms with Gasteiger partial charge < -0.3 is 54.3 Å². The smallest absolute Gasteiger partial charge is 0.410 e. The Morgan fingerprint density at radius 3 is 1.89 bits per heavy atom. The zero-order valence-corrected chi connectivity index (χ0v) is 57.8. The largest absolute Gasteiger partial charge is 0.508 e. The number of nitrogens with one attached hydrogen (secondary N) is 3. The Morgan fingerprint density at radius 1 is 0.691 bits per heavy atom. The molecule has 0 saturated carbocycles. The molecule has 2 aliphatic heterocycles. The lowest BCUT2D eigenvalue weighted by molar-refractivity contribution is -0.180. The molecule has 6 aromatic carbocycles. The number of aryl methyl sites for hydroxylation is 1. The van der Waals surface area contributed by atoms with Crippen molar-refractivity contribution in [2.75, 3.05) is 62.1 Å². The van der Waals surface area contributed by atoms with Gasteiger partial charge in [0.15, 0.2) is 0 Å². The predicted molar refractivity (Wildman–Crippen MR) is 365 cm³/mol. The number of carbonyl (C=O) groups excluding carboxylic acids is 1. The number of benzene rings is 6. The van der Waals surface area contributed by atoms with Gasteiger partial charge in [-0.15, -0.1) is 0 Å². The number of sulfonamides is 4. The summed E-state index contributed by atoms with van der Waals surface area (Å²) in [5.74, 6) is 5.28. The van der Waals surface area contributed by atoms with Gasteiger partial charge >= 0.3 is 6.09 Å². The van der Waals surface area contributed by atoms with Crippen molar-refractivity contribution in [1.82, 2.24) is 10.2 Å². The van der Waals surface area contributed by atoms with Crippen LogP contribution in [0.4, 0.5) is 16.2 Å². The Balaban J connectivity index is 0.000000292. The van der Waals surface area contributed by atoms with E-state index in [1.165, 1.54) is 66.7 Å². The average molecular weight is 1420 g/mol. The van der Waals surface area contributed by atoms with Crippen molar-refractivity contribution in [2.24, 2.45) is 10.3 Å². The summed E-state index contributed by atoms with van der Waals surface area (Å²) < 4.78 is 131. The number of unbranched alkanes of at least 4 members (excludes halogenated alkanes) is 7. The highest BCUT2D eigenvalue weighted by Gasteiger charge is 2.34. The minimum Gasteiger partial charge on any atom is -0.508 e. The maximum absolute atomic E-state index is 12.9. The third-order valence-corrected chi connectivity index (χ3v) is 19.5. The zero-order chi connectivity index (χ0) is 70.7. The fraction of sp³-hybridized carbons (Fsp3) is 0.412. The Hall–Kier alpha value is -7.70. The first-order chi connectivity index (χ1) is 46.0. The van der Waals surface area contributed by atoms with Crippen molar-refractivity contribution >= 4 is 63.5 Å². The van der Waals surface area contributed by atoms with Gasteiger partial charge in [-0.3, -0.25) is 14.2 Å². The predicted octanol–water partition coefficient (Wildman–Crippen LogP) is 8.94. The molecule has 0 aromatic heterocycles. The van der Waals surface area contributed by atoms with E-state index in [4.69, 9.17) is 43.9 Å². The number of ether oxygens (including phenoxy) is 5. The van der Waals surface area contributed by atoms with E-state index in [2.05, 4.69) is 26.6 Å². The molecule has 1 amide bonds. The second-order valence-corrected chi connectivity index (χ2v) is 29.8. The fourth-order valence-corrected chi connectivity index (χ4v) is 13.3. The Bertz CT molecular complexity index is 4110. The number of carboxylic acid groups (broad SMARTS) is 1. The molecule has 6 aromatic rings. The van der Waals surface area contributed by atoms with Crippen molar-refractivity contribution in [1.29, 1.82) is 0 Å². The van der Waals surface area contributed by atoms with Crippen LogP contribution in [0.3, 0.4) is 0 Å². The van der Waals surface area contributed by atoms with E-state index in [1.54, 1.807) is 41.3 Å². The second-order valence-electron chi connectivity index (χ2n) is 23.4. The number of aromatic hydroxyl groups is 1. The van der Waals surface area contributed by atoms with E-state index < -0.39 is 58.0 Å². The number of rotatable bonds is 34. The van der Waals surface area contributed by atoms with Gasteiger partial charge in [-0.25, -0.2) is 48.7 Å². The molecule has 2 aliphatic rings. The molecule has 0 unspecified atom stereocenters. The number of cyclic esters (lactones) is 1. The lowest BCUT2D eigenvalue weighted by Gasteiger charge is -2.32. The third-order valence-electron chi connectivity index (χ3n) is 14.9. The number of hydrogen-bond donors (Lipinski definition) is 9. The molecule has 8 rings (SSSR count). The van der Waals surface area contributed by atoms with Crippen molar-refractivity contribution < 1.29 is 87.4 Å². The number of nitrogens with zero attached hydrogens (tertiary/aromatic N) is 1. The summed E-state index contributed by atoms with van der Waals surface area (Å²) >= 11 is 0. The van der Waals surface area contributed by atoms with Crippen LogP contribution in [-0.2, 0) is 83.5 Å². The van der Waals surface area contributed by atoms with Crippen molar-refractivity contribution in [3.63, 3.8) is 0 Å². The van der Waals surface area contributed by atoms with Crippen LogP contribution >= 0.6 is 0 Å². The van der Waals surface area contributed by atoms with Gasteiger partial charge in [0, 0.05) is 76.8 Å². The van der Waals surface area contributed by atoms with Crippen LogP contribution in [0, 0.1) is 11.8 Å². The van der Waals surface area contributed by atoms with E-state index in [-0.39, 0.29) is 55.5 Å². The normalized spacial score (nSPS) is 14.6. The van der Waals surface area contributed by atoms with E-state index >= 15 is 0 Å². The maximum atomic E-state index is 12.9. The number of phenols is 1. The van der Waals surface area contributed by atoms with Crippen LogP contribution in [-0.4, -0.2) is 129 Å². The Morgan fingerprint density at radius 2 is 1.26 bits per heavy atom. The first-order valence-corrected chi connectivity index (χ1v) is 37.6. The van der Waals surface area contributed by atoms with Crippen LogP contribution in [0.1, 0.15) is 137 Å². The van der Waals surface area contributed by atoms with E-state index in [0.29, 0.717) is 82.2 Å². The second kappa shape index (κ2) is 37.9. The summed E-state index contributed by atoms with van der Waals surface area (Å²) in [5.41, 5.74) is 4.51. The molecule has 1 saturated heterocycles. The summed E-state index contributed by atoms with van der Waals surface area (Å²) in [6.07, 6.45) is 9.31. The zero-order valence-electron chi connectivity index (χ0n) is 54.6. The topological polar surface area (TPSA) is 389 Å². The Labute approximate surface area is 569 Å². The molecule has 97 heavy (non-hydrogen) atoms. The summed E-state index contributed by atoms with van der Waals surface area (Å²) in [5, 5.41) is 50.1. The highest BCUT2D eigenvalue weighted by Crippen LogP contribution is 2.36. The molecule has 528 valence electrons. The van der Waals surface area contributed by atoms with Gasteiger partial charge in [0.1, 0.15) is 17.6 Å². The van der Waals surface area contributed by atoms with Gasteiger partial charge in [0.05, 0.1) is 63.4 Å². The quantitative estimate of drug-likeness (QED) is 0.0134. The van der Waals surface area contributed by atoms with Crippen LogP contribution < -0.4 is 29.8 Å². The number of anilines is 2. The van der Waals surface area contributed by atoms with E-state index in [1.807, 2.05) is 38.1 Å². The van der Waals surface area contributed by atoms with Gasteiger partial charge in [0.2, 0.25) is 25.8 Å². The highest BCUT2D eigenvalue weighted by molar-refractivity contribution is 7.93. The standard InChI is InChI=1S/C35H41N3O9S2.C31H43N3O8S2.C2H4O2/c1-35(2)45-25-28-22-27(16-17-32(28)47-35)33-24-38(34(39)46-33)18-6-3-4-7-19-44-20-8-5-11-26-12-9-15-31(21-26)49(42,43)37-29-13-10-14-30(23-29)48(36,40)41;32-43(38,39)28-12-8-11-27(21-28)34-44(40,41)29-13-7-10-24(19-29)9-3-6-18-42-17-5-2-1-4-16-33-22-31(37)25-14-15-30(36)26(20-25)23-35;1-2(3)4/h9-10,12-17,21-23,33,37H,3-4,6-8,18-20,24-25H2,1-2H3,(H2,36,40,41);7-8,10-15,19-21,31,33-37H,1-6,9,16-18,22-23H2,(H2,32,38,39);1H3,(H,3,4)/t33-;31-;/m00./s1. The summed E-state index contributed by atoms with van der Waals surface area (Å²) in [4.78, 5) is 22.9. The first kappa shape index (κ1) is 78.3. The van der Waals surface area contributed by atoms with Crippen LogP contribution in [0.5, 0.6) is 11.5 Å². The minimum atomic E-state index is -3.99. The molecule has 0 bridgehead atoms. The van der Waals surface area contributed by atoms with Crippen molar-refractivity contribution in [3.8, 4) is 23.3 Å². The van der Waals surface area contributed by atoms with Gasteiger partial charge in [0.25, 0.3) is 26.0 Å². The average Bonchev–Trinajstić information content (AvgIpc) is 1.70.